The van der Waals surface area contributed by atoms with Gasteiger partial charge >= 0.3 is 5.97 Å². The molecular weight excluding hydrogens is 467 g/mol. The fourth-order valence-electron chi connectivity index (χ4n) is 9.04. The number of carbonyl (C=O) groups excluding carboxylic acids is 3. The zero-order valence-electron chi connectivity index (χ0n) is 21.2. The molecule has 0 aromatic heterocycles. The van der Waals surface area contributed by atoms with E-state index in [2.05, 4.69) is 0 Å². The molecule has 8 heteroatoms. The number of rotatable bonds is 3. The Morgan fingerprint density at radius 2 is 1.94 bits per heavy atom. The van der Waals surface area contributed by atoms with Gasteiger partial charge in [0, 0.05) is 36.5 Å². The van der Waals surface area contributed by atoms with Crippen molar-refractivity contribution in [1.82, 2.24) is 0 Å². The third-order valence-electron chi connectivity index (χ3n) is 10.7. The highest BCUT2D eigenvalue weighted by Gasteiger charge is 2.80. The predicted octanol–water partition coefficient (Wildman–Crippen LogP) is 3.52. The molecule has 6 aliphatic rings. The number of allylic oxidation sites excluding steroid dienone is 4. The average Bonchev–Trinajstić information content (AvgIpc) is 3.47. The maximum Gasteiger partial charge on any atom is 0.303 e. The van der Waals surface area contributed by atoms with Crippen molar-refractivity contribution in [3.05, 3.63) is 23.8 Å². The van der Waals surface area contributed by atoms with Crippen LogP contribution in [0.25, 0.3) is 0 Å². The molecule has 5 fully saturated rings. The SMILES string of the molecule is CC(=O)OCC(=O)[C@@]12OC3(CCCC3)O[C@@H]1C[C@H]1[C@@H]3CCC4=CC(=O)C=C[C@]4(C)[C@@]3(F)[C@@H](O)C[C@]12C. The number of aliphatic hydroxyl groups is 1. The molecule has 36 heavy (non-hydrogen) atoms. The van der Waals surface area contributed by atoms with E-state index in [1.165, 1.54) is 19.1 Å². The van der Waals surface area contributed by atoms with Crippen LogP contribution in [-0.4, -0.2) is 58.5 Å². The van der Waals surface area contributed by atoms with Crippen LogP contribution in [0.1, 0.15) is 72.1 Å². The highest BCUT2D eigenvalue weighted by atomic mass is 19.1. The molecule has 4 saturated carbocycles. The lowest BCUT2D eigenvalue weighted by atomic mass is 9.44. The van der Waals surface area contributed by atoms with Crippen molar-refractivity contribution in [2.45, 2.75) is 101 Å². The molecular formula is C28H35FO7. The van der Waals surface area contributed by atoms with E-state index in [9.17, 15) is 19.5 Å². The van der Waals surface area contributed by atoms with Gasteiger partial charge in [-0.25, -0.2) is 4.39 Å². The zero-order chi connectivity index (χ0) is 25.7. The van der Waals surface area contributed by atoms with Crippen LogP contribution in [0.2, 0.25) is 0 Å². The summed E-state index contributed by atoms with van der Waals surface area (Å²) >= 11 is 0. The van der Waals surface area contributed by atoms with E-state index in [1.54, 1.807) is 13.0 Å². The second kappa shape index (κ2) is 7.58. The highest BCUT2D eigenvalue weighted by Crippen LogP contribution is 2.73. The maximum absolute atomic E-state index is 17.4. The Labute approximate surface area is 210 Å². The number of esters is 1. The fraction of sp³-hybridized carbons (Fsp3) is 0.750. The Hall–Kier alpha value is -1.90. The van der Waals surface area contributed by atoms with E-state index in [0.29, 0.717) is 37.7 Å². The first-order valence-electron chi connectivity index (χ1n) is 13.3. The van der Waals surface area contributed by atoms with Crippen LogP contribution in [0, 0.1) is 22.7 Å². The summed E-state index contributed by atoms with van der Waals surface area (Å²) in [5.41, 5.74) is -4.72. The summed E-state index contributed by atoms with van der Waals surface area (Å²) in [6, 6.07) is 0. The number of fused-ring (bicyclic) bond motifs is 7. The molecule has 0 amide bonds. The summed E-state index contributed by atoms with van der Waals surface area (Å²) in [5, 5.41) is 11.6. The molecule has 0 unspecified atom stereocenters. The summed E-state index contributed by atoms with van der Waals surface area (Å²) < 4.78 is 35.8. The van der Waals surface area contributed by atoms with Crippen molar-refractivity contribution in [3.8, 4) is 0 Å². The molecule has 0 radical (unpaired) electrons. The number of ketones is 2. The van der Waals surface area contributed by atoms with Crippen molar-refractivity contribution in [2.75, 3.05) is 6.61 Å². The van der Waals surface area contributed by atoms with Gasteiger partial charge in [-0.3, -0.25) is 14.4 Å². The van der Waals surface area contributed by atoms with Gasteiger partial charge in [0.15, 0.2) is 29.4 Å². The zero-order valence-corrected chi connectivity index (χ0v) is 21.2. The van der Waals surface area contributed by atoms with Crippen LogP contribution in [0.15, 0.2) is 23.8 Å². The summed E-state index contributed by atoms with van der Waals surface area (Å²) in [4.78, 5) is 37.5. The van der Waals surface area contributed by atoms with Crippen LogP contribution in [-0.2, 0) is 28.6 Å². The highest BCUT2D eigenvalue weighted by molar-refractivity contribution is 6.01. The number of ether oxygens (including phenoxy) is 3. The fourth-order valence-corrected chi connectivity index (χ4v) is 9.04. The molecule has 5 aliphatic carbocycles. The number of hydrogen-bond acceptors (Lipinski definition) is 7. The first-order chi connectivity index (χ1) is 16.9. The standard InChI is InChI=1S/C28H35FO7/c1-16(30)34-15-22(33)28-23(35-26(36-28)9-4-5-10-26)13-20-19-7-6-17-12-18(31)8-11-24(17,2)27(19,29)21(32)14-25(20,28)3/h8,11-12,19-21,23,32H,4-7,9-10,13-15H2,1-3H3/t19-,20-,21-,23+,24-,25+,27-,28+/m0/s1. The van der Waals surface area contributed by atoms with E-state index in [4.69, 9.17) is 14.2 Å². The summed E-state index contributed by atoms with van der Waals surface area (Å²) in [5.74, 6) is -2.80. The third-order valence-corrected chi connectivity index (χ3v) is 10.7. The van der Waals surface area contributed by atoms with E-state index in [1.807, 2.05) is 6.92 Å². The van der Waals surface area contributed by atoms with Crippen LogP contribution >= 0.6 is 0 Å². The molecule has 1 aliphatic heterocycles. The Morgan fingerprint density at radius 1 is 1.22 bits per heavy atom. The number of aliphatic hydroxyl groups excluding tert-OH is 1. The van der Waals surface area contributed by atoms with Crippen molar-refractivity contribution in [2.24, 2.45) is 22.7 Å². The van der Waals surface area contributed by atoms with Crippen molar-refractivity contribution in [3.63, 3.8) is 0 Å². The van der Waals surface area contributed by atoms with Gasteiger partial charge in [0.2, 0.25) is 5.78 Å². The number of carbonyl (C=O) groups is 3. The van der Waals surface area contributed by atoms with E-state index >= 15 is 4.39 Å². The van der Waals surface area contributed by atoms with Crippen molar-refractivity contribution < 1.29 is 38.1 Å². The normalized spacial score (nSPS) is 48.1. The molecule has 1 heterocycles. The molecule has 1 saturated heterocycles. The molecule has 1 N–H and O–H groups in total. The topological polar surface area (TPSA) is 99.1 Å². The minimum absolute atomic E-state index is 0.0110. The van der Waals surface area contributed by atoms with Gasteiger partial charge in [-0.2, -0.15) is 0 Å². The largest absolute Gasteiger partial charge is 0.458 e. The summed E-state index contributed by atoms with van der Waals surface area (Å²) in [6.45, 7) is 4.52. The first-order valence-corrected chi connectivity index (χ1v) is 13.3. The number of hydrogen-bond donors (Lipinski definition) is 1. The van der Waals surface area contributed by atoms with Crippen LogP contribution in [0.4, 0.5) is 4.39 Å². The maximum atomic E-state index is 17.4. The monoisotopic (exact) mass is 502 g/mol. The van der Waals surface area contributed by atoms with Gasteiger partial charge in [0.1, 0.15) is 0 Å². The van der Waals surface area contributed by atoms with Crippen LogP contribution in [0.3, 0.4) is 0 Å². The molecule has 7 nitrogen and oxygen atoms in total. The van der Waals surface area contributed by atoms with Gasteiger partial charge in [-0.15, -0.1) is 0 Å². The number of Topliss-reactive ketones (excluding diaryl/α,β-unsaturated/α-hetero) is 1. The molecule has 196 valence electrons. The van der Waals surface area contributed by atoms with Crippen molar-refractivity contribution in [1.29, 1.82) is 0 Å². The van der Waals surface area contributed by atoms with Gasteiger partial charge < -0.3 is 19.3 Å². The van der Waals surface area contributed by atoms with Gasteiger partial charge in [0.25, 0.3) is 0 Å². The molecule has 6 rings (SSSR count). The van der Waals surface area contributed by atoms with E-state index in [-0.39, 0.29) is 23.9 Å². The minimum atomic E-state index is -2.00. The lowest BCUT2D eigenvalue weighted by Crippen LogP contribution is -2.70. The Kier molecular flexibility index (Phi) is 5.14. The second-order valence-electron chi connectivity index (χ2n) is 12.3. The quantitative estimate of drug-likeness (QED) is 0.590. The van der Waals surface area contributed by atoms with Crippen LogP contribution in [0.5, 0.6) is 0 Å². The van der Waals surface area contributed by atoms with E-state index < -0.39 is 58.6 Å². The summed E-state index contributed by atoms with van der Waals surface area (Å²) in [7, 11) is 0. The minimum Gasteiger partial charge on any atom is -0.458 e. The average molecular weight is 503 g/mol. The van der Waals surface area contributed by atoms with Gasteiger partial charge in [0.05, 0.1) is 12.2 Å². The predicted molar refractivity (Wildman–Crippen MR) is 125 cm³/mol. The molecule has 0 aromatic rings. The molecule has 8 atom stereocenters. The van der Waals surface area contributed by atoms with Crippen molar-refractivity contribution >= 4 is 17.5 Å². The molecule has 0 bridgehead atoms. The Morgan fingerprint density at radius 3 is 2.64 bits per heavy atom. The smallest absolute Gasteiger partial charge is 0.303 e. The number of alkyl halides is 1. The van der Waals surface area contributed by atoms with E-state index in [0.717, 1.165) is 12.8 Å². The summed E-state index contributed by atoms with van der Waals surface area (Å²) in [6.07, 6.45) is 7.23. The van der Waals surface area contributed by atoms with Crippen LogP contribution < -0.4 is 0 Å². The number of halogens is 1. The lowest BCUT2D eigenvalue weighted by molar-refractivity contribution is -0.253. The second-order valence-corrected chi connectivity index (χ2v) is 12.3. The van der Waals surface area contributed by atoms with Gasteiger partial charge in [-0.05, 0) is 63.5 Å². The third kappa shape index (κ3) is 2.81. The Bertz CT molecular complexity index is 1090. The lowest BCUT2D eigenvalue weighted by Gasteiger charge is -2.62. The molecule has 0 aromatic carbocycles. The molecule has 1 spiro atoms. The van der Waals surface area contributed by atoms with Gasteiger partial charge in [-0.1, -0.05) is 18.6 Å². The Balaban J connectivity index is 1.44. The first kappa shape index (κ1) is 24.4.